The van der Waals surface area contributed by atoms with Gasteiger partial charge in [0.25, 0.3) is 0 Å². The van der Waals surface area contributed by atoms with E-state index in [1.807, 2.05) is 0 Å². The van der Waals surface area contributed by atoms with Gasteiger partial charge in [0.05, 0.1) is 0 Å². The highest BCUT2D eigenvalue weighted by molar-refractivity contribution is 7.09. The van der Waals surface area contributed by atoms with Gasteiger partial charge in [0, 0.05) is 31.2 Å². The zero-order chi connectivity index (χ0) is 10.4. The maximum Gasteiger partial charge on any atom is 0.132 e. The summed E-state index contributed by atoms with van der Waals surface area (Å²) in [6.07, 6.45) is 0.783. The van der Waals surface area contributed by atoms with Gasteiger partial charge in [-0.15, -0.1) is 5.10 Å². The van der Waals surface area contributed by atoms with Crippen molar-refractivity contribution < 1.29 is 5.11 Å². The van der Waals surface area contributed by atoms with Crippen molar-refractivity contribution >= 4 is 16.5 Å². The van der Waals surface area contributed by atoms with Crippen LogP contribution in [-0.2, 0) is 6.54 Å². The van der Waals surface area contributed by atoms with E-state index in [1.54, 1.807) is 0 Å². The van der Waals surface area contributed by atoms with E-state index in [4.69, 9.17) is 10.8 Å². The van der Waals surface area contributed by atoms with Crippen LogP contribution >= 0.6 is 11.5 Å². The summed E-state index contributed by atoms with van der Waals surface area (Å²) >= 11 is 1.22. The molecule has 0 aromatic carbocycles. The maximum absolute atomic E-state index is 8.71. The first kappa shape index (κ1) is 11.4. The van der Waals surface area contributed by atoms with E-state index in [0.29, 0.717) is 5.00 Å². The number of rotatable bonds is 6. The molecular weight excluding hydrogens is 200 g/mol. The number of hydrogen-bond acceptors (Lipinski definition) is 6. The SMILES string of the molecule is CCN(CCCO)Cc1nnsc1N. The second-order valence-corrected chi connectivity index (χ2v) is 3.82. The van der Waals surface area contributed by atoms with Crippen LogP contribution in [0.3, 0.4) is 0 Å². The smallest absolute Gasteiger partial charge is 0.132 e. The van der Waals surface area contributed by atoms with Crippen molar-refractivity contribution in [2.45, 2.75) is 19.9 Å². The minimum absolute atomic E-state index is 0.224. The molecule has 0 unspecified atom stereocenters. The van der Waals surface area contributed by atoms with Crippen LogP contribution in [0.1, 0.15) is 19.0 Å². The fourth-order valence-corrected chi connectivity index (χ4v) is 1.62. The highest BCUT2D eigenvalue weighted by Gasteiger charge is 2.09. The largest absolute Gasteiger partial charge is 0.396 e. The topological polar surface area (TPSA) is 75.3 Å². The molecule has 0 aliphatic heterocycles. The quantitative estimate of drug-likeness (QED) is 0.716. The molecule has 14 heavy (non-hydrogen) atoms. The van der Waals surface area contributed by atoms with Gasteiger partial charge >= 0.3 is 0 Å². The van der Waals surface area contributed by atoms with Crippen LogP contribution < -0.4 is 5.73 Å². The molecule has 0 saturated carbocycles. The molecule has 0 spiro atoms. The first-order valence-corrected chi connectivity index (χ1v) is 5.45. The van der Waals surface area contributed by atoms with Gasteiger partial charge in [0.1, 0.15) is 10.7 Å². The molecule has 6 heteroatoms. The molecule has 0 bridgehead atoms. The fourth-order valence-electron chi connectivity index (χ4n) is 1.18. The third kappa shape index (κ3) is 3.21. The number of aliphatic hydroxyl groups excluding tert-OH is 1. The Morgan fingerprint density at radius 1 is 1.57 bits per heavy atom. The van der Waals surface area contributed by atoms with E-state index in [9.17, 15) is 0 Å². The van der Waals surface area contributed by atoms with E-state index in [2.05, 4.69) is 21.4 Å². The lowest BCUT2D eigenvalue weighted by molar-refractivity contribution is 0.224. The Balaban J connectivity index is 2.44. The van der Waals surface area contributed by atoms with Crippen LogP contribution in [-0.4, -0.2) is 39.3 Å². The Kier molecular flexibility index (Phi) is 4.78. The number of nitrogen functional groups attached to an aromatic ring is 1. The summed E-state index contributed by atoms with van der Waals surface area (Å²) < 4.78 is 3.78. The molecule has 3 N–H and O–H groups in total. The van der Waals surface area contributed by atoms with Gasteiger partial charge in [-0.05, 0) is 13.0 Å². The Hall–Kier alpha value is -0.720. The van der Waals surface area contributed by atoms with Crippen molar-refractivity contribution in [3.8, 4) is 0 Å². The van der Waals surface area contributed by atoms with Crippen molar-refractivity contribution in [3.05, 3.63) is 5.69 Å². The Labute approximate surface area is 87.7 Å². The first-order chi connectivity index (χ1) is 6.77. The van der Waals surface area contributed by atoms with Crippen LogP contribution in [0.25, 0.3) is 0 Å². The molecule has 0 aliphatic rings. The van der Waals surface area contributed by atoms with Crippen molar-refractivity contribution in [1.82, 2.24) is 14.5 Å². The molecule has 0 radical (unpaired) electrons. The molecule has 0 saturated heterocycles. The van der Waals surface area contributed by atoms with Crippen molar-refractivity contribution in [3.63, 3.8) is 0 Å². The van der Waals surface area contributed by atoms with Gasteiger partial charge in [0.2, 0.25) is 0 Å². The number of hydrogen-bond donors (Lipinski definition) is 2. The Morgan fingerprint density at radius 2 is 2.36 bits per heavy atom. The standard InChI is InChI=1S/C8H16N4OS/c1-2-12(4-3-5-13)6-7-8(9)14-11-10-7/h13H,2-6,9H2,1H3. The third-order valence-corrected chi connectivity index (χ3v) is 2.63. The zero-order valence-electron chi connectivity index (χ0n) is 8.31. The monoisotopic (exact) mass is 216 g/mol. The summed E-state index contributed by atoms with van der Waals surface area (Å²) in [4.78, 5) is 2.18. The predicted molar refractivity (Wildman–Crippen MR) is 57.0 cm³/mol. The van der Waals surface area contributed by atoms with Crippen molar-refractivity contribution in [2.75, 3.05) is 25.4 Å². The van der Waals surface area contributed by atoms with Crippen LogP contribution in [0.4, 0.5) is 5.00 Å². The predicted octanol–water partition coefficient (Wildman–Crippen LogP) is 0.325. The highest BCUT2D eigenvalue weighted by atomic mass is 32.1. The lowest BCUT2D eigenvalue weighted by Crippen LogP contribution is -2.25. The molecule has 80 valence electrons. The summed E-state index contributed by atoms with van der Waals surface area (Å²) in [5.41, 5.74) is 6.53. The molecule has 0 aliphatic carbocycles. The van der Waals surface area contributed by atoms with Crippen LogP contribution in [0.5, 0.6) is 0 Å². The molecule has 1 heterocycles. The number of aliphatic hydroxyl groups is 1. The Morgan fingerprint density at radius 3 is 2.86 bits per heavy atom. The number of nitrogens with zero attached hydrogens (tertiary/aromatic N) is 3. The average Bonchev–Trinajstić information content (AvgIpc) is 2.59. The summed E-state index contributed by atoms with van der Waals surface area (Å²) in [7, 11) is 0. The molecule has 0 amide bonds. The van der Waals surface area contributed by atoms with Gasteiger partial charge in [0.15, 0.2) is 0 Å². The molecule has 1 rings (SSSR count). The minimum atomic E-state index is 0.224. The van der Waals surface area contributed by atoms with Gasteiger partial charge in [-0.2, -0.15) is 0 Å². The lowest BCUT2D eigenvalue weighted by atomic mass is 10.3. The highest BCUT2D eigenvalue weighted by Crippen LogP contribution is 2.14. The van der Waals surface area contributed by atoms with Gasteiger partial charge in [-0.3, -0.25) is 4.90 Å². The molecule has 1 aromatic heterocycles. The number of aromatic nitrogens is 2. The second kappa shape index (κ2) is 5.90. The third-order valence-electron chi connectivity index (χ3n) is 2.04. The van der Waals surface area contributed by atoms with E-state index in [-0.39, 0.29) is 6.61 Å². The summed E-state index contributed by atoms with van der Waals surface area (Å²) in [6.45, 7) is 4.81. The summed E-state index contributed by atoms with van der Waals surface area (Å²) in [5, 5.41) is 13.4. The summed E-state index contributed by atoms with van der Waals surface area (Å²) in [5.74, 6) is 0. The second-order valence-electron chi connectivity index (χ2n) is 3.03. The zero-order valence-corrected chi connectivity index (χ0v) is 9.13. The van der Waals surface area contributed by atoms with E-state index >= 15 is 0 Å². The number of nitrogens with two attached hydrogens (primary N) is 1. The van der Waals surface area contributed by atoms with Gasteiger partial charge < -0.3 is 10.8 Å². The van der Waals surface area contributed by atoms with E-state index in [0.717, 1.165) is 31.7 Å². The fraction of sp³-hybridized carbons (Fsp3) is 0.750. The maximum atomic E-state index is 8.71. The van der Waals surface area contributed by atoms with E-state index in [1.165, 1.54) is 11.5 Å². The molecule has 0 fully saturated rings. The lowest BCUT2D eigenvalue weighted by Gasteiger charge is -2.18. The normalized spacial score (nSPS) is 11.1. The van der Waals surface area contributed by atoms with Crippen LogP contribution in [0.2, 0.25) is 0 Å². The van der Waals surface area contributed by atoms with Gasteiger partial charge in [-0.1, -0.05) is 11.4 Å². The molecule has 1 aromatic rings. The molecule has 0 atom stereocenters. The summed E-state index contributed by atoms with van der Waals surface area (Å²) in [6, 6.07) is 0. The van der Waals surface area contributed by atoms with Crippen molar-refractivity contribution in [1.29, 1.82) is 0 Å². The van der Waals surface area contributed by atoms with Gasteiger partial charge in [-0.25, -0.2) is 0 Å². The van der Waals surface area contributed by atoms with Crippen LogP contribution in [0.15, 0.2) is 0 Å². The molecule has 5 nitrogen and oxygen atoms in total. The Bertz CT molecular complexity index is 266. The average molecular weight is 216 g/mol. The number of anilines is 1. The van der Waals surface area contributed by atoms with Crippen molar-refractivity contribution in [2.24, 2.45) is 0 Å². The minimum Gasteiger partial charge on any atom is -0.396 e. The molecular formula is C8H16N4OS. The first-order valence-electron chi connectivity index (χ1n) is 4.67. The van der Waals surface area contributed by atoms with E-state index < -0.39 is 0 Å². The van der Waals surface area contributed by atoms with Crippen LogP contribution in [0, 0.1) is 0 Å².